The van der Waals surface area contributed by atoms with Crippen LogP contribution in [0.5, 0.6) is 0 Å². The Morgan fingerprint density at radius 3 is 2.39 bits per heavy atom. The molecule has 1 aromatic heterocycles. The van der Waals surface area contributed by atoms with Crippen LogP contribution in [0.4, 0.5) is 5.69 Å². The maximum Gasteiger partial charge on any atom is 0.0639 e. The van der Waals surface area contributed by atoms with E-state index in [1.54, 1.807) is 7.11 Å². The Kier molecular flexibility index (Phi) is 4.95. The molecule has 118 valence electrons. The van der Waals surface area contributed by atoms with E-state index in [9.17, 15) is 0 Å². The number of benzene rings is 2. The van der Waals surface area contributed by atoms with E-state index in [1.165, 1.54) is 5.56 Å². The quantitative estimate of drug-likeness (QED) is 0.685. The Morgan fingerprint density at radius 1 is 1.04 bits per heavy atom. The van der Waals surface area contributed by atoms with Crippen molar-refractivity contribution in [3.63, 3.8) is 0 Å². The van der Waals surface area contributed by atoms with Crippen molar-refractivity contribution in [2.45, 2.75) is 6.42 Å². The van der Waals surface area contributed by atoms with Gasteiger partial charge in [-0.25, -0.2) is 0 Å². The summed E-state index contributed by atoms with van der Waals surface area (Å²) in [5.41, 5.74) is 4.44. The van der Waals surface area contributed by atoms with Gasteiger partial charge in [-0.2, -0.15) is 5.10 Å². The molecule has 0 saturated heterocycles. The molecule has 0 radical (unpaired) electrons. The van der Waals surface area contributed by atoms with Gasteiger partial charge in [-0.05, 0) is 41.8 Å². The number of H-pyrrole nitrogens is 1. The summed E-state index contributed by atoms with van der Waals surface area (Å²) in [6.07, 6.45) is 4.57. The maximum absolute atomic E-state index is 5.91. The SMILES string of the molecule is CON(CCc1ccc(Cl)cc1)c1ccc(-c2cn[nH]c2)cc1. The molecule has 4 nitrogen and oxygen atoms in total. The lowest BCUT2D eigenvalue weighted by molar-refractivity contribution is 0.167. The van der Waals surface area contributed by atoms with Gasteiger partial charge in [0.1, 0.15) is 0 Å². The summed E-state index contributed by atoms with van der Waals surface area (Å²) < 4.78 is 0. The van der Waals surface area contributed by atoms with Gasteiger partial charge in [0.2, 0.25) is 0 Å². The second-order valence-corrected chi connectivity index (χ2v) is 5.63. The van der Waals surface area contributed by atoms with Crippen LogP contribution in [-0.4, -0.2) is 23.9 Å². The Bertz CT molecular complexity index is 724. The fraction of sp³-hybridized carbons (Fsp3) is 0.167. The standard InChI is InChI=1S/C18H18ClN3O/c1-23-22(11-10-14-2-6-17(19)7-3-14)18-8-4-15(5-9-18)16-12-20-21-13-16/h2-9,12-13H,10-11H2,1H3,(H,20,21). The number of halogens is 1. The van der Waals surface area contributed by atoms with Crippen LogP contribution >= 0.6 is 11.6 Å². The topological polar surface area (TPSA) is 41.1 Å². The Labute approximate surface area is 140 Å². The molecule has 5 heteroatoms. The Hall–Kier alpha value is -2.30. The third kappa shape index (κ3) is 3.92. The number of hydroxylamine groups is 1. The van der Waals surface area contributed by atoms with Gasteiger partial charge >= 0.3 is 0 Å². The normalized spacial score (nSPS) is 10.7. The van der Waals surface area contributed by atoms with Crippen LogP contribution in [0, 0.1) is 0 Å². The fourth-order valence-electron chi connectivity index (χ4n) is 2.44. The molecule has 23 heavy (non-hydrogen) atoms. The monoisotopic (exact) mass is 327 g/mol. The highest BCUT2D eigenvalue weighted by molar-refractivity contribution is 6.30. The van der Waals surface area contributed by atoms with Crippen molar-refractivity contribution in [1.82, 2.24) is 10.2 Å². The lowest BCUT2D eigenvalue weighted by atomic mass is 10.1. The summed E-state index contributed by atoms with van der Waals surface area (Å²) in [4.78, 5) is 5.50. The zero-order valence-electron chi connectivity index (χ0n) is 12.9. The number of nitrogens with zero attached hydrogens (tertiary/aromatic N) is 2. The average Bonchev–Trinajstić information content (AvgIpc) is 3.12. The molecule has 0 aliphatic carbocycles. The molecule has 1 heterocycles. The summed E-state index contributed by atoms with van der Waals surface area (Å²) in [7, 11) is 1.69. The van der Waals surface area contributed by atoms with Gasteiger partial charge in [0, 0.05) is 23.3 Å². The van der Waals surface area contributed by atoms with Crippen LogP contribution in [-0.2, 0) is 11.3 Å². The Balaban J connectivity index is 1.67. The largest absolute Gasteiger partial charge is 0.285 e. The third-order valence-corrected chi connectivity index (χ3v) is 3.98. The molecule has 0 fully saturated rings. The average molecular weight is 328 g/mol. The number of hydrogen-bond donors (Lipinski definition) is 1. The maximum atomic E-state index is 5.91. The van der Waals surface area contributed by atoms with Gasteiger partial charge in [-0.3, -0.25) is 15.0 Å². The summed E-state index contributed by atoms with van der Waals surface area (Å²) in [5.74, 6) is 0. The van der Waals surface area contributed by atoms with Gasteiger partial charge < -0.3 is 0 Å². The van der Waals surface area contributed by atoms with Crippen LogP contribution in [0.1, 0.15) is 5.56 Å². The van der Waals surface area contributed by atoms with E-state index < -0.39 is 0 Å². The molecular formula is C18H18ClN3O. The van der Waals surface area contributed by atoms with Crippen LogP contribution in [0.25, 0.3) is 11.1 Å². The van der Waals surface area contributed by atoms with Crippen molar-refractivity contribution in [1.29, 1.82) is 0 Å². The van der Waals surface area contributed by atoms with Crippen molar-refractivity contribution in [3.05, 3.63) is 71.5 Å². The molecule has 1 N–H and O–H groups in total. The van der Waals surface area contributed by atoms with E-state index in [2.05, 4.69) is 22.3 Å². The molecule has 0 saturated carbocycles. The minimum atomic E-state index is 0.757. The number of nitrogens with one attached hydrogen (secondary N) is 1. The molecule has 0 spiro atoms. The van der Waals surface area contributed by atoms with Crippen LogP contribution in [0.2, 0.25) is 5.02 Å². The first-order valence-corrected chi connectivity index (χ1v) is 7.79. The predicted molar refractivity (Wildman–Crippen MR) is 93.5 cm³/mol. The van der Waals surface area contributed by atoms with Gasteiger partial charge in [-0.15, -0.1) is 0 Å². The molecule has 0 atom stereocenters. The fourth-order valence-corrected chi connectivity index (χ4v) is 2.56. The molecule has 0 aliphatic rings. The van der Waals surface area contributed by atoms with Crippen molar-refractivity contribution in [3.8, 4) is 11.1 Å². The first-order chi connectivity index (χ1) is 11.3. The number of aromatic amines is 1. The van der Waals surface area contributed by atoms with E-state index in [1.807, 2.05) is 53.9 Å². The number of aromatic nitrogens is 2. The molecule has 0 amide bonds. The number of hydrogen-bond acceptors (Lipinski definition) is 3. The summed E-state index contributed by atoms with van der Waals surface area (Å²) >= 11 is 5.91. The van der Waals surface area contributed by atoms with E-state index in [-0.39, 0.29) is 0 Å². The molecule has 3 rings (SSSR count). The Morgan fingerprint density at radius 2 is 1.78 bits per heavy atom. The third-order valence-electron chi connectivity index (χ3n) is 3.72. The van der Waals surface area contributed by atoms with Crippen molar-refractivity contribution < 1.29 is 4.84 Å². The highest BCUT2D eigenvalue weighted by atomic mass is 35.5. The second kappa shape index (κ2) is 7.31. The van der Waals surface area contributed by atoms with Gasteiger partial charge in [0.15, 0.2) is 0 Å². The predicted octanol–water partition coefficient (Wildman–Crippen LogP) is 4.34. The lowest BCUT2D eigenvalue weighted by Gasteiger charge is -2.22. The number of rotatable bonds is 6. The minimum absolute atomic E-state index is 0.757. The summed E-state index contributed by atoms with van der Waals surface area (Å²) in [6, 6.07) is 16.1. The molecule has 2 aromatic carbocycles. The highest BCUT2D eigenvalue weighted by Crippen LogP contribution is 2.22. The summed E-state index contributed by atoms with van der Waals surface area (Å²) in [6.45, 7) is 0.767. The number of anilines is 1. The van der Waals surface area contributed by atoms with E-state index in [0.29, 0.717) is 0 Å². The smallest absolute Gasteiger partial charge is 0.0639 e. The van der Waals surface area contributed by atoms with E-state index in [0.717, 1.165) is 34.8 Å². The van der Waals surface area contributed by atoms with E-state index >= 15 is 0 Å². The summed E-state index contributed by atoms with van der Waals surface area (Å²) in [5, 5.41) is 9.44. The first kappa shape index (κ1) is 15.6. The molecule has 0 aliphatic heterocycles. The highest BCUT2D eigenvalue weighted by Gasteiger charge is 2.07. The zero-order chi connectivity index (χ0) is 16.1. The van der Waals surface area contributed by atoms with Crippen molar-refractivity contribution >= 4 is 17.3 Å². The van der Waals surface area contributed by atoms with Gasteiger partial charge in [0.25, 0.3) is 0 Å². The zero-order valence-corrected chi connectivity index (χ0v) is 13.6. The molecule has 3 aromatic rings. The van der Waals surface area contributed by atoms with E-state index in [4.69, 9.17) is 16.4 Å². The van der Waals surface area contributed by atoms with Gasteiger partial charge in [0.05, 0.1) is 19.0 Å². The van der Waals surface area contributed by atoms with Gasteiger partial charge in [-0.1, -0.05) is 35.9 Å². The van der Waals surface area contributed by atoms with Crippen molar-refractivity contribution in [2.24, 2.45) is 0 Å². The first-order valence-electron chi connectivity index (χ1n) is 7.41. The second-order valence-electron chi connectivity index (χ2n) is 5.19. The molecule has 0 unspecified atom stereocenters. The van der Waals surface area contributed by atoms with Crippen LogP contribution in [0.3, 0.4) is 0 Å². The minimum Gasteiger partial charge on any atom is -0.285 e. The lowest BCUT2D eigenvalue weighted by Crippen LogP contribution is -2.24. The van der Waals surface area contributed by atoms with Crippen molar-refractivity contribution in [2.75, 3.05) is 18.7 Å². The van der Waals surface area contributed by atoms with Crippen LogP contribution < -0.4 is 5.06 Å². The molecular weight excluding hydrogens is 310 g/mol. The van der Waals surface area contributed by atoms with Crippen LogP contribution in [0.15, 0.2) is 60.9 Å². The molecule has 0 bridgehead atoms.